The first kappa shape index (κ1) is 21.8. The summed E-state index contributed by atoms with van der Waals surface area (Å²) in [6.45, 7) is 9.06. The van der Waals surface area contributed by atoms with Crippen molar-refractivity contribution in [3.63, 3.8) is 0 Å². The van der Waals surface area contributed by atoms with Crippen LogP contribution in [-0.4, -0.2) is 40.1 Å². The van der Waals surface area contributed by atoms with Crippen LogP contribution >= 0.6 is 0 Å². The standard InChI is InChI=1S/C21H29F3N4O/c1-4-6-18(27-11-9-14(3)25-10-12-27)19-26-17-8-7-15(21(22,23)24)13-16(17)20(29)28(19)5-2/h7-8,13-14,18,25H,4-6,9-12H2,1-3H3/t14-,18?/m1/s1. The van der Waals surface area contributed by atoms with Crippen molar-refractivity contribution in [2.45, 2.75) is 64.8 Å². The molecule has 0 spiro atoms. The van der Waals surface area contributed by atoms with Gasteiger partial charge in [0.2, 0.25) is 0 Å². The highest BCUT2D eigenvalue weighted by Gasteiger charge is 2.32. The third kappa shape index (κ3) is 4.64. The van der Waals surface area contributed by atoms with Crippen molar-refractivity contribution < 1.29 is 13.2 Å². The minimum absolute atomic E-state index is 0.0202. The zero-order valence-electron chi connectivity index (χ0n) is 17.2. The van der Waals surface area contributed by atoms with Gasteiger partial charge in [0.15, 0.2) is 0 Å². The van der Waals surface area contributed by atoms with E-state index in [4.69, 9.17) is 4.98 Å². The molecule has 3 rings (SSSR count). The monoisotopic (exact) mass is 410 g/mol. The molecule has 1 aliphatic rings. The maximum absolute atomic E-state index is 13.1. The summed E-state index contributed by atoms with van der Waals surface area (Å²) in [6.07, 6.45) is -1.72. The highest BCUT2D eigenvalue weighted by Crippen LogP contribution is 2.31. The quantitative estimate of drug-likeness (QED) is 0.811. The van der Waals surface area contributed by atoms with Crippen molar-refractivity contribution in [3.8, 4) is 0 Å². The Balaban J connectivity index is 2.11. The van der Waals surface area contributed by atoms with Crippen molar-refractivity contribution in [2.75, 3.05) is 19.6 Å². The number of halogens is 3. The van der Waals surface area contributed by atoms with Crippen LogP contribution in [0.2, 0.25) is 0 Å². The van der Waals surface area contributed by atoms with Gasteiger partial charge in [0, 0.05) is 32.2 Å². The summed E-state index contributed by atoms with van der Waals surface area (Å²) >= 11 is 0. The van der Waals surface area contributed by atoms with Gasteiger partial charge in [0.1, 0.15) is 5.82 Å². The lowest BCUT2D eigenvalue weighted by atomic mass is 10.1. The molecule has 0 amide bonds. The third-order valence-electron chi connectivity index (χ3n) is 5.67. The van der Waals surface area contributed by atoms with Crippen LogP contribution in [0, 0.1) is 0 Å². The molecule has 29 heavy (non-hydrogen) atoms. The molecular formula is C21H29F3N4O. The SMILES string of the molecule is CCCC(c1nc2ccc(C(F)(F)F)cc2c(=O)n1CC)N1CCN[C@H](C)CC1. The topological polar surface area (TPSA) is 50.2 Å². The molecule has 5 nitrogen and oxygen atoms in total. The van der Waals surface area contributed by atoms with Crippen molar-refractivity contribution in [1.29, 1.82) is 0 Å². The van der Waals surface area contributed by atoms with Gasteiger partial charge in [-0.3, -0.25) is 14.3 Å². The van der Waals surface area contributed by atoms with E-state index in [0.29, 0.717) is 23.9 Å². The van der Waals surface area contributed by atoms with E-state index in [9.17, 15) is 18.0 Å². The molecule has 8 heteroatoms. The van der Waals surface area contributed by atoms with Gasteiger partial charge in [-0.25, -0.2) is 4.98 Å². The van der Waals surface area contributed by atoms with Gasteiger partial charge < -0.3 is 5.32 Å². The Morgan fingerprint density at radius 1 is 1.28 bits per heavy atom. The van der Waals surface area contributed by atoms with Gasteiger partial charge in [-0.15, -0.1) is 0 Å². The number of nitrogens with one attached hydrogen (secondary N) is 1. The second-order valence-corrected chi connectivity index (χ2v) is 7.73. The van der Waals surface area contributed by atoms with Crippen LogP contribution < -0.4 is 10.9 Å². The first-order valence-corrected chi connectivity index (χ1v) is 10.3. The molecule has 1 aromatic carbocycles. The largest absolute Gasteiger partial charge is 0.416 e. The Labute approximate surface area is 168 Å². The average molecular weight is 410 g/mol. The van der Waals surface area contributed by atoms with Gasteiger partial charge >= 0.3 is 6.18 Å². The summed E-state index contributed by atoms with van der Waals surface area (Å²) < 4.78 is 40.9. The zero-order chi connectivity index (χ0) is 21.2. The smallest absolute Gasteiger partial charge is 0.313 e. The predicted molar refractivity (Wildman–Crippen MR) is 108 cm³/mol. The Kier molecular flexibility index (Phi) is 6.63. The van der Waals surface area contributed by atoms with Crippen LogP contribution in [0.1, 0.15) is 57.5 Å². The van der Waals surface area contributed by atoms with Gasteiger partial charge in [0.05, 0.1) is 22.5 Å². The minimum atomic E-state index is -4.49. The lowest BCUT2D eigenvalue weighted by Gasteiger charge is -2.31. The highest BCUT2D eigenvalue weighted by molar-refractivity contribution is 5.78. The molecule has 0 saturated carbocycles. The van der Waals surface area contributed by atoms with Gasteiger partial charge in [-0.1, -0.05) is 13.3 Å². The molecule has 2 aromatic rings. The van der Waals surface area contributed by atoms with E-state index < -0.39 is 17.3 Å². The third-order valence-corrected chi connectivity index (χ3v) is 5.67. The summed E-state index contributed by atoms with van der Waals surface area (Å²) in [5, 5.41) is 3.50. The molecule has 2 heterocycles. The van der Waals surface area contributed by atoms with Crippen molar-refractivity contribution >= 4 is 10.9 Å². The highest BCUT2D eigenvalue weighted by atomic mass is 19.4. The maximum atomic E-state index is 13.1. The fourth-order valence-corrected chi connectivity index (χ4v) is 4.06. The number of nitrogens with zero attached hydrogens (tertiary/aromatic N) is 3. The summed E-state index contributed by atoms with van der Waals surface area (Å²) in [5.74, 6) is 0.654. The number of rotatable bonds is 5. The van der Waals surface area contributed by atoms with Crippen LogP contribution in [0.5, 0.6) is 0 Å². The van der Waals surface area contributed by atoms with E-state index >= 15 is 0 Å². The molecule has 1 N–H and O–H groups in total. The molecule has 0 radical (unpaired) electrons. The number of aromatic nitrogens is 2. The number of hydrogen-bond acceptors (Lipinski definition) is 4. The molecule has 1 aromatic heterocycles. The molecule has 0 aliphatic carbocycles. The van der Waals surface area contributed by atoms with E-state index in [1.54, 1.807) is 4.57 Å². The van der Waals surface area contributed by atoms with Crippen LogP contribution in [0.25, 0.3) is 10.9 Å². The molecule has 160 valence electrons. The lowest BCUT2D eigenvalue weighted by molar-refractivity contribution is -0.137. The second kappa shape index (κ2) is 8.83. The molecule has 1 fully saturated rings. The van der Waals surface area contributed by atoms with Crippen molar-refractivity contribution in [1.82, 2.24) is 19.8 Å². The molecule has 1 aliphatic heterocycles. The average Bonchev–Trinajstić information content (AvgIpc) is 2.89. The van der Waals surface area contributed by atoms with Crippen molar-refractivity contribution in [3.05, 3.63) is 39.9 Å². The number of alkyl halides is 3. The normalized spacial score (nSPS) is 20.0. The van der Waals surface area contributed by atoms with Crippen molar-refractivity contribution in [2.24, 2.45) is 0 Å². The molecule has 1 saturated heterocycles. The summed E-state index contributed by atoms with van der Waals surface area (Å²) in [4.78, 5) is 20.2. The molecule has 2 atom stereocenters. The molecule has 0 bridgehead atoms. The molecule has 1 unspecified atom stereocenters. The van der Waals surface area contributed by atoms with Crippen LogP contribution in [0.15, 0.2) is 23.0 Å². The number of benzene rings is 1. The lowest BCUT2D eigenvalue weighted by Crippen LogP contribution is -2.37. The number of fused-ring (bicyclic) bond motifs is 1. The fourth-order valence-electron chi connectivity index (χ4n) is 4.06. The predicted octanol–water partition coefficient (Wildman–Crippen LogP) is 3.96. The van der Waals surface area contributed by atoms with E-state index in [1.807, 2.05) is 6.92 Å². The van der Waals surface area contributed by atoms with Crippen LogP contribution in [-0.2, 0) is 12.7 Å². The Morgan fingerprint density at radius 3 is 2.69 bits per heavy atom. The summed E-state index contributed by atoms with van der Waals surface area (Å²) in [5.41, 5.74) is -0.900. The number of hydrogen-bond donors (Lipinski definition) is 1. The fraction of sp³-hybridized carbons (Fsp3) is 0.619. The van der Waals surface area contributed by atoms with E-state index in [-0.39, 0.29) is 11.4 Å². The summed E-state index contributed by atoms with van der Waals surface area (Å²) in [6, 6.07) is 3.64. The second-order valence-electron chi connectivity index (χ2n) is 7.73. The Hall–Kier alpha value is -1.93. The van der Waals surface area contributed by atoms with Gasteiger partial charge in [-0.05, 0) is 44.9 Å². The minimum Gasteiger partial charge on any atom is -0.313 e. The van der Waals surface area contributed by atoms with E-state index in [2.05, 4.69) is 24.1 Å². The molecular weight excluding hydrogens is 381 g/mol. The van der Waals surface area contributed by atoms with Gasteiger partial charge in [0.25, 0.3) is 5.56 Å². The van der Waals surface area contributed by atoms with E-state index in [1.165, 1.54) is 6.07 Å². The van der Waals surface area contributed by atoms with Crippen LogP contribution in [0.4, 0.5) is 13.2 Å². The Morgan fingerprint density at radius 2 is 2.03 bits per heavy atom. The van der Waals surface area contributed by atoms with E-state index in [0.717, 1.165) is 51.0 Å². The summed E-state index contributed by atoms with van der Waals surface area (Å²) in [7, 11) is 0. The first-order chi connectivity index (χ1) is 13.8. The Bertz CT molecular complexity index is 909. The zero-order valence-corrected chi connectivity index (χ0v) is 17.2. The maximum Gasteiger partial charge on any atom is 0.416 e. The first-order valence-electron chi connectivity index (χ1n) is 10.3. The van der Waals surface area contributed by atoms with Crippen LogP contribution in [0.3, 0.4) is 0 Å². The van der Waals surface area contributed by atoms with Gasteiger partial charge in [-0.2, -0.15) is 13.2 Å².